The monoisotopic (exact) mass is 297 g/mol. The number of ether oxygens (including phenoxy) is 1. The lowest BCUT2D eigenvalue weighted by Crippen LogP contribution is -2.21. The second kappa shape index (κ2) is 7.41. The summed E-state index contributed by atoms with van der Waals surface area (Å²) in [7, 11) is 0. The fraction of sp³-hybridized carbons (Fsp3) is 0.222. The predicted molar refractivity (Wildman–Crippen MR) is 86.4 cm³/mol. The Hall–Kier alpha value is -2.62. The summed E-state index contributed by atoms with van der Waals surface area (Å²) in [5.41, 5.74) is 2.34. The quantitative estimate of drug-likeness (QED) is 0.831. The van der Waals surface area contributed by atoms with Crippen LogP contribution in [0.2, 0.25) is 0 Å². The maximum atomic E-state index is 12.0. The van der Waals surface area contributed by atoms with Crippen LogP contribution in [-0.4, -0.2) is 18.3 Å². The van der Waals surface area contributed by atoms with Crippen molar-refractivity contribution in [2.24, 2.45) is 0 Å². The standard InChI is InChI=1S/C18H19NO3/c1-3-14-8-4-6-10-16(14)19-18(21)12-22-17-11-7-5-9-15(17)13(2)20/h4-11H,3,12H2,1-2H3,(H,19,21). The van der Waals surface area contributed by atoms with Crippen molar-refractivity contribution in [3.63, 3.8) is 0 Å². The summed E-state index contributed by atoms with van der Waals surface area (Å²) in [6.45, 7) is 3.37. The van der Waals surface area contributed by atoms with E-state index < -0.39 is 0 Å². The molecule has 0 spiro atoms. The van der Waals surface area contributed by atoms with Gasteiger partial charge in [0.2, 0.25) is 0 Å². The molecule has 2 rings (SSSR count). The van der Waals surface area contributed by atoms with Crippen LogP contribution in [0.25, 0.3) is 0 Å². The maximum Gasteiger partial charge on any atom is 0.262 e. The smallest absolute Gasteiger partial charge is 0.262 e. The number of ketones is 1. The Morgan fingerprint density at radius 3 is 2.45 bits per heavy atom. The first-order valence-electron chi connectivity index (χ1n) is 7.22. The van der Waals surface area contributed by atoms with Crippen molar-refractivity contribution in [2.45, 2.75) is 20.3 Å². The highest BCUT2D eigenvalue weighted by molar-refractivity contribution is 5.97. The molecule has 0 aromatic heterocycles. The molecule has 1 amide bonds. The fourth-order valence-electron chi connectivity index (χ4n) is 2.16. The van der Waals surface area contributed by atoms with Gasteiger partial charge in [-0.05, 0) is 37.1 Å². The highest BCUT2D eigenvalue weighted by Crippen LogP contribution is 2.19. The molecule has 0 heterocycles. The lowest BCUT2D eigenvalue weighted by Gasteiger charge is -2.12. The molecule has 4 nitrogen and oxygen atoms in total. The average molecular weight is 297 g/mol. The summed E-state index contributed by atoms with van der Waals surface area (Å²) in [6, 6.07) is 14.6. The molecule has 4 heteroatoms. The van der Waals surface area contributed by atoms with Crippen molar-refractivity contribution >= 4 is 17.4 Å². The van der Waals surface area contributed by atoms with Crippen molar-refractivity contribution in [1.29, 1.82) is 0 Å². The third-order valence-corrected chi connectivity index (χ3v) is 3.30. The minimum Gasteiger partial charge on any atom is -0.483 e. The number of aryl methyl sites for hydroxylation is 1. The van der Waals surface area contributed by atoms with E-state index in [0.29, 0.717) is 11.3 Å². The SMILES string of the molecule is CCc1ccccc1NC(=O)COc1ccccc1C(C)=O. The van der Waals surface area contributed by atoms with E-state index in [4.69, 9.17) is 4.74 Å². The summed E-state index contributed by atoms with van der Waals surface area (Å²) in [5, 5.41) is 2.83. The van der Waals surface area contributed by atoms with Crippen molar-refractivity contribution in [3.8, 4) is 5.75 Å². The van der Waals surface area contributed by atoms with Gasteiger partial charge in [-0.3, -0.25) is 9.59 Å². The first-order valence-corrected chi connectivity index (χ1v) is 7.22. The number of hydrogen-bond donors (Lipinski definition) is 1. The number of Topliss-reactive ketones (excluding diaryl/α,β-unsaturated/α-hetero) is 1. The van der Waals surface area contributed by atoms with Crippen molar-refractivity contribution in [1.82, 2.24) is 0 Å². The van der Waals surface area contributed by atoms with Gasteiger partial charge in [0.15, 0.2) is 12.4 Å². The van der Waals surface area contributed by atoms with Crippen LogP contribution in [0.3, 0.4) is 0 Å². The molecule has 0 aliphatic carbocycles. The van der Waals surface area contributed by atoms with Crippen LogP contribution in [0, 0.1) is 0 Å². The Labute approximate surface area is 130 Å². The number of carbonyl (C=O) groups excluding carboxylic acids is 2. The second-order valence-electron chi connectivity index (χ2n) is 4.90. The minimum atomic E-state index is -0.251. The number of para-hydroxylation sites is 2. The van der Waals surface area contributed by atoms with Gasteiger partial charge in [0.25, 0.3) is 5.91 Å². The van der Waals surface area contributed by atoms with Crippen LogP contribution in [0.1, 0.15) is 29.8 Å². The number of amides is 1. The highest BCUT2D eigenvalue weighted by Gasteiger charge is 2.10. The fourth-order valence-corrected chi connectivity index (χ4v) is 2.16. The molecule has 0 bridgehead atoms. The van der Waals surface area contributed by atoms with Gasteiger partial charge in [0.1, 0.15) is 5.75 Å². The number of nitrogens with one attached hydrogen (secondary N) is 1. The first-order chi connectivity index (χ1) is 10.6. The zero-order chi connectivity index (χ0) is 15.9. The molecule has 114 valence electrons. The van der Waals surface area contributed by atoms with Gasteiger partial charge in [0, 0.05) is 5.69 Å². The third-order valence-electron chi connectivity index (χ3n) is 3.30. The first kappa shape index (κ1) is 15.8. The number of rotatable bonds is 6. The van der Waals surface area contributed by atoms with Gasteiger partial charge in [-0.15, -0.1) is 0 Å². The van der Waals surface area contributed by atoms with Gasteiger partial charge < -0.3 is 10.1 Å². The van der Waals surface area contributed by atoms with Gasteiger partial charge >= 0.3 is 0 Å². The minimum absolute atomic E-state index is 0.0904. The van der Waals surface area contributed by atoms with Crippen LogP contribution in [0.5, 0.6) is 5.75 Å². The predicted octanol–water partition coefficient (Wildman–Crippen LogP) is 3.47. The molecule has 0 radical (unpaired) electrons. The molecule has 1 N–H and O–H groups in total. The van der Waals surface area contributed by atoms with Crippen LogP contribution < -0.4 is 10.1 Å². The molecule has 0 saturated heterocycles. The van der Waals surface area contributed by atoms with Crippen molar-refractivity contribution < 1.29 is 14.3 Å². The van der Waals surface area contributed by atoms with Crippen molar-refractivity contribution in [2.75, 3.05) is 11.9 Å². The van der Waals surface area contributed by atoms with E-state index in [2.05, 4.69) is 5.32 Å². The Morgan fingerprint density at radius 1 is 1.05 bits per heavy atom. The maximum absolute atomic E-state index is 12.0. The Kier molecular flexibility index (Phi) is 5.31. The molecule has 0 fully saturated rings. The molecular formula is C18H19NO3. The van der Waals surface area contributed by atoms with Gasteiger partial charge in [-0.1, -0.05) is 37.3 Å². The van der Waals surface area contributed by atoms with Crippen molar-refractivity contribution in [3.05, 3.63) is 59.7 Å². The average Bonchev–Trinajstić information content (AvgIpc) is 2.53. The van der Waals surface area contributed by atoms with E-state index >= 15 is 0 Å². The van der Waals surface area contributed by atoms with Crippen LogP contribution in [0.15, 0.2) is 48.5 Å². The summed E-state index contributed by atoms with van der Waals surface area (Å²) in [5.74, 6) is 0.0838. The highest BCUT2D eigenvalue weighted by atomic mass is 16.5. The van der Waals surface area contributed by atoms with Crippen LogP contribution >= 0.6 is 0 Å². The van der Waals surface area contributed by atoms with Gasteiger partial charge in [-0.2, -0.15) is 0 Å². The number of benzene rings is 2. The molecule has 2 aromatic rings. The van der Waals surface area contributed by atoms with Crippen LogP contribution in [-0.2, 0) is 11.2 Å². The van der Waals surface area contributed by atoms with Gasteiger partial charge in [-0.25, -0.2) is 0 Å². The lowest BCUT2D eigenvalue weighted by atomic mass is 10.1. The molecular weight excluding hydrogens is 278 g/mol. The van der Waals surface area contributed by atoms with E-state index in [1.807, 2.05) is 31.2 Å². The Morgan fingerprint density at radius 2 is 1.73 bits per heavy atom. The van der Waals surface area contributed by atoms with Gasteiger partial charge in [0.05, 0.1) is 5.56 Å². The molecule has 0 unspecified atom stereocenters. The second-order valence-corrected chi connectivity index (χ2v) is 4.90. The molecule has 0 aliphatic rings. The molecule has 0 aliphatic heterocycles. The molecule has 0 atom stereocenters. The lowest BCUT2D eigenvalue weighted by molar-refractivity contribution is -0.118. The van der Waals surface area contributed by atoms with E-state index in [1.54, 1.807) is 24.3 Å². The number of anilines is 1. The number of carbonyl (C=O) groups is 2. The largest absolute Gasteiger partial charge is 0.483 e. The Balaban J connectivity index is 2.00. The normalized spacial score (nSPS) is 10.1. The summed E-state index contributed by atoms with van der Waals surface area (Å²) >= 11 is 0. The van der Waals surface area contributed by atoms with E-state index in [0.717, 1.165) is 17.7 Å². The van der Waals surface area contributed by atoms with E-state index in [1.165, 1.54) is 6.92 Å². The molecule has 22 heavy (non-hydrogen) atoms. The molecule has 0 saturated carbocycles. The van der Waals surface area contributed by atoms with E-state index in [9.17, 15) is 9.59 Å². The zero-order valence-corrected chi connectivity index (χ0v) is 12.8. The topological polar surface area (TPSA) is 55.4 Å². The summed E-state index contributed by atoms with van der Waals surface area (Å²) in [4.78, 5) is 23.5. The third kappa shape index (κ3) is 3.95. The number of hydrogen-bond acceptors (Lipinski definition) is 3. The zero-order valence-electron chi connectivity index (χ0n) is 12.8. The summed E-state index contributed by atoms with van der Waals surface area (Å²) in [6.07, 6.45) is 0.838. The molecule has 2 aromatic carbocycles. The van der Waals surface area contributed by atoms with E-state index in [-0.39, 0.29) is 18.3 Å². The summed E-state index contributed by atoms with van der Waals surface area (Å²) < 4.78 is 5.47. The Bertz CT molecular complexity index is 680. The van der Waals surface area contributed by atoms with Crippen LogP contribution in [0.4, 0.5) is 5.69 Å².